The molecule has 7 unspecified atom stereocenters. The van der Waals surface area contributed by atoms with Crippen molar-refractivity contribution in [1.29, 1.82) is 0 Å². The normalized spacial score (nSPS) is 35.5. The minimum atomic E-state index is -1.36. The van der Waals surface area contributed by atoms with E-state index in [1.807, 2.05) is 38.1 Å². The highest BCUT2D eigenvalue weighted by Gasteiger charge is 2.67. The van der Waals surface area contributed by atoms with E-state index in [4.69, 9.17) is 33.3 Å². The maximum Gasteiger partial charge on any atom is 0.510 e. The number of hydrogen-bond acceptors (Lipinski definition) is 12. The molecule has 0 saturated carbocycles. The van der Waals surface area contributed by atoms with Gasteiger partial charge in [-0.3, -0.25) is 4.84 Å². The van der Waals surface area contributed by atoms with E-state index in [2.05, 4.69) is 42.2 Å². The molecule has 1 aromatic rings. The van der Waals surface area contributed by atoms with E-state index in [-0.39, 0.29) is 18.1 Å². The molecule has 0 radical (unpaired) electrons. The van der Waals surface area contributed by atoms with Crippen LogP contribution in [0.15, 0.2) is 24.3 Å². The van der Waals surface area contributed by atoms with Crippen molar-refractivity contribution in [2.75, 3.05) is 27.4 Å². The molecular formula is C29H43NO11. The van der Waals surface area contributed by atoms with Gasteiger partial charge in [0, 0.05) is 17.9 Å². The van der Waals surface area contributed by atoms with E-state index in [9.17, 15) is 9.59 Å². The molecule has 3 aliphatic heterocycles. The van der Waals surface area contributed by atoms with Crippen molar-refractivity contribution >= 4 is 12.3 Å². The fourth-order valence-corrected chi connectivity index (χ4v) is 5.66. The highest BCUT2D eigenvalue weighted by Crippen LogP contribution is 2.56. The zero-order chi connectivity index (χ0) is 30.0. The van der Waals surface area contributed by atoms with Crippen LogP contribution >= 0.6 is 0 Å². The number of ether oxygens (including phenoxy) is 8. The van der Waals surface area contributed by atoms with Gasteiger partial charge in [-0.25, -0.2) is 9.59 Å². The molecule has 12 heteroatoms. The lowest BCUT2D eigenvalue weighted by Gasteiger charge is -2.61. The predicted molar refractivity (Wildman–Crippen MR) is 144 cm³/mol. The van der Waals surface area contributed by atoms with Gasteiger partial charge in [-0.1, -0.05) is 32.9 Å². The number of nitrogens with zero attached hydrogens (tertiary/aromatic N) is 1. The van der Waals surface area contributed by atoms with Crippen LogP contribution in [0.1, 0.15) is 72.5 Å². The highest BCUT2D eigenvalue weighted by atomic mass is 16.9. The molecular weight excluding hydrogens is 538 g/mol. The molecule has 1 spiro atoms. The lowest BCUT2D eigenvalue weighted by atomic mass is 9.67. The standard InChI is InChI=1S/C29H43NO11/c1-9-27(5)17-29(39-23(37-25(31)33-7)24(40-29)38-26(32)34-8)19(4)28(6,10-2)30(27)41-18(3)20-11-13-21(14-12-20)35-15-22-16-36-22/h11-14,18-19,22-24H,9-10,15-17H2,1-8H3. The number of hydroxylamine groups is 2. The third kappa shape index (κ3) is 6.41. The van der Waals surface area contributed by atoms with E-state index >= 15 is 0 Å². The molecule has 1 aromatic carbocycles. The predicted octanol–water partition coefficient (Wildman–Crippen LogP) is 5.10. The van der Waals surface area contributed by atoms with E-state index < -0.39 is 41.8 Å². The van der Waals surface area contributed by atoms with Gasteiger partial charge in [0.25, 0.3) is 12.6 Å². The van der Waals surface area contributed by atoms with Crippen LogP contribution in [0.5, 0.6) is 5.75 Å². The van der Waals surface area contributed by atoms with Crippen molar-refractivity contribution in [3.05, 3.63) is 29.8 Å². The Morgan fingerprint density at radius 1 is 1.00 bits per heavy atom. The van der Waals surface area contributed by atoms with Gasteiger partial charge < -0.3 is 37.9 Å². The molecule has 230 valence electrons. The van der Waals surface area contributed by atoms with Crippen LogP contribution in [0.3, 0.4) is 0 Å². The number of hydrogen-bond donors (Lipinski definition) is 0. The minimum absolute atomic E-state index is 0.192. The summed E-state index contributed by atoms with van der Waals surface area (Å²) in [5, 5.41) is 2.08. The Balaban J connectivity index is 1.58. The molecule has 41 heavy (non-hydrogen) atoms. The monoisotopic (exact) mass is 581 g/mol. The fourth-order valence-electron chi connectivity index (χ4n) is 5.66. The van der Waals surface area contributed by atoms with E-state index in [1.54, 1.807) is 0 Å². The summed E-state index contributed by atoms with van der Waals surface area (Å²) in [6.45, 7) is 13.6. The Bertz CT molecular complexity index is 1040. The van der Waals surface area contributed by atoms with Crippen molar-refractivity contribution in [3.8, 4) is 5.75 Å². The zero-order valence-electron chi connectivity index (χ0n) is 25.2. The van der Waals surface area contributed by atoms with Crippen molar-refractivity contribution < 1.29 is 52.3 Å². The Morgan fingerprint density at radius 2 is 1.56 bits per heavy atom. The van der Waals surface area contributed by atoms with Crippen molar-refractivity contribution in [2.45, 2.75) is 102 Å². The summed E-state index contributed by atoms with van der Waals surface area (Å²) in [6, 6.07) is 7.88. The largest absolute Gasteiger partial charge is 0.510 e. The topological polar surface area (TPSA) is 124 Å². The molecule has 0 aliphatic carbocycles. The number of epoxide rings is 1. The summed E-state index contributed by atoms with van der Waals surface area (Å²) in [5.74, 6) is -0.827. The van der Waals surface area contributed by atoms with Gasteiger partial charge in [-0.05, 0) is 51.3 Å². The van der Waals surface area contributed by atoms with E-state index in [0.717, 1.165) is 17.9 Å². The molecule has 0 bridgehead atoms. The average Bonchev–Trinajstić information content (AvgIpc) is 3.75. The number of carbonyl (C=O) groups is 2. The summed E-state index contributed by atoms with van der Waals surface area (Å²) in [6.07, 6.45) is -3.10. The third-order valence-corrected chi connectivity index (χ3v) is 8.71. The third-order valence-electron chi connectivity index (χ3n) is 8.71. The van der Waals surface area contributed by atoms with Crippen molar-refractivity contribution in [1.82, 2.24) is 5.06 Å². The number of carbonyl (C=O) groups excluding carboxylic acids is 2. The summed E-state index contributed by atoms with van der Waals surface area (Å²) in [5.41, 5.74) is -0.202. The Hall–Kier alpha value is -2.64. The summed E-state index contributed by atoms with van der Waals surface area (Å²) in [7, 11) is 2.35. The maximum atomic E-state index is 12.0. The summed E-state index contributed by atoms with van der Waals surface area (Å²) >= 11 is 0. The molecule has 3 heterocycles. The van der Waals surface area contributed by atoms with Gasteiger partial charge in [0.15, 0.2) is 5.79 Å². The van der Waals surface area contributed by atoms with Crippen molar-refractivity contribution in [3.63, 3.8) is 0 Å². The first kappa shape index (κ1) is 31.3. The Kier molecular flexibility index (Phi) is 9.39. The Morgan fingerprint density at radius 3 is 2.02 bits per heavy atom. The van der Waals surface area contributed by atoms with E-state index in [0.29, 0.717) is 25.9 Å². The van der Waals surface area contributed by atoms with Gasteiger partial charge in [-0.2, -0.15) is 5.06 Å². The SMILES string of the molecule is CCC1(C)CC2(OC(OC(=O)OC)C(OC(=O)OC)O2)C(C)C(C)(CC)N1OC(C)c1ccc(OCC2CO2)cc1. The summed E-state index contributed by atoms with van der Waals surface area (Å²) in [4.78, 5) is 30.8. The van der Waals surface area contributed by atoms with Crippen LogP contribution < -0.4 is 4.74 Å². The lowest BCUT2D eigenvalue weighted by molar-refractivity contribution is -0.386. The smallest absolute Gasteiger partial charge is 0.491 e. The van der Waals surface area contributed by atoms with Crippen LogP contribution in [-0.2, 0) is 38.0 Å². The first-order valence-electron chi connectivity index (χ1n) is 14.1. The molecule has 0 amide bonds. The van der Waals surface area contributed by atoms with Crippen LogP contribution in [0.4, 0.5) is 9.59 Å². The maximum absolute atomic E-state index is 12.0. The minimum Gasteiger partial charge on any atom is -0.491 e. The molecule has 0 aromatic heterocycles. The Labute approximate surface area is 241 Å². The van der Waals surface area contributed by atoms with Gasteiger partial charge >= 0.3 is 12.3 Å². The number of methoxy groups -OCH3 is 2. The second kappa shape index (κ2) is 12.3. The van der Waals surface area contributed by atoms with Crippen molar-refractivity contribution in [2.24, 2.45) is 5.92 Å². The molecule has 12 nitrogen and oxygen atoms in total. The molecule has 7 atom stereocenters. The first-order valence-corrected chi connectivity index (χ1v) is 14.1. The summed E-state index contributed by atoms with van der Waals surface area (Å²) < 4.78 is 43.5. The van der Waals surface area contributed by atoms with Gasteiger partial charge in [-0.15, -0.1) is 0 Å². The fraction of sp³-hybridized carbons (Fsp3) is 0.724. The molecule has 3 aliphatic rings. The molecule has 0 N–H and O–H groups in total. The quantitative estimate of drug-likeness (QED) is 0.270. The van der Waals surface area contributed by atoms with E-state index in [1.165, 1.54) is 14.2 Å². The van der Waals surface area contributed by atoms with Gasteiger partial charge in [0.2, 0.25) is 0 Å². The molecule has 4 rings (SSSR count). The average molecular weight is 582 g/mol. The highest BCUT2D eigenvalue weighted by molar-refractivity contribution is 5.61. The second-order valence-electron chi connectivity index (χ2n) is 11.3. The van der Waals surface area contributed by atoms with Crippen LogP contribution in [0.25, 0.3) is 0 Å². The molecule has 3 fully saturated rings. The first-order chi connectivity index (χ1) is 19.4. The number of rotatable bonds is 10. The zero-order valence-corrected chi connectivity index (χ0v) is 25.2. The second-order valence-corrected chi connectivity index (χ2v) is 11.3. The molecule has 3 saturated heterocycles. The number of piperidine rings is 1. The van der Waals surface area contributed by atoms with Crippen LogP contribution in [0, 0.1) is 5.92 Å². The lowest BCUT2D eigenvalue weighted by Crippen LogP contribution is -2.71. The van der Waals surface area contributed by atoms with Gasteiger partial charge in [0.1, 0.15) is 24.6 Å². The van der Waals surface area contributed by atoms with Crippen LogP contribution in [0.2, 0.25) is 0 Å². The number of benzene rings is 1. The van der Waals surface area contributed by atoms with Crippen LogP contribution in [-0.4, -0.2) is 80.4 Å². The van der Waals surface area contributed by atoms with Gasteiger partial charge in [0.05, 0.1) is 26.4 Å².